The fraction of sp³-hybridized carbons (Fsp3) is 0.174. The van der Waals surface area contributed by atoms with E-state index in [0.29, 0.717) is 22.7 Å². The lowest BCUT2D eigenvalue weighted by Crippen LogP contribution is -2.25. The van der Waals surface area contributed by atoms with Gasteiger partial charge in [-0.1, -0.05) is 41.0 Å². The predicted octanol–water partition coefficient (Wildman–Crippen LogP) is 5.85. The number of nitrogens with one attached hydrogen (secondary N) is 1. The number of nitrogens with zero attached hydrogens (tertiary/aromatic N) is 3. The highest BCUT2D eigenvalue weighted by Crippen LogP contribution is 2.42. The van der Waals surface area contributed by atoms with Crippen molar-refractivity contribution in [1.82, 2.24) is 15.1 Å². The number of hydrogen-bond donors (Lipinski definition) is 1. The van der Waals surface area contributed by atoms with E-state index < -0.39 is 17.6 Å². The zero-order valence-electron chi connectivity index (χ0n) is 17.0. The van der Waals surface area contributed by atoms with Crippen LogP contribution in [0.3, 0.4) is 0 Å². The van der Waals surface area contributed by atoms with Gasteiger partial charge in [-0.05, 0) is 42.7 Å². The summed E-state index contributed by atoms with van der Waals surface area (Å²) in [5.41, 5.74) is 3.76. The van der Waals surface area contributed by atoms with Gasteiger partial charge in [0, 0.05) is 35.1 Å². The van der Waals surface area contributed by atoms with Crippen molar-refractivity contribution in [2.75, 3.05) is 11.4 Å². The van der Waals surface area contributed by atoms with Crippen molar-refractivity contribution in [2.24, 2.45) is 0 Å². The largest absolute Gasteiger partial charge is 0.439 e. The van der Waals surface area contributed by atoms with E-state index in [0.717, 1.165) is 41.4 Å². The summed E-state index contributed by atoms with van der Waals surface area (Å²) in [7, 11) is 0. The van der Waals surface area contributed by atoms with Crippen molar-refractivity contribution in [1.29, 1.82) is 0 Å². The summed E-state index contributed by atoms with van der Waals surface area (Å²) in [5.74, 6) is -0.447. The molecule has 1 N–H and O–H groups in total. The standard InChI is InChI=1S/C23H16ClF3N4O2/c24-18-11-15(7-8-17(18)21-29-22(32)33-30-21)31-10-2-4-13-3-1-5-16(20(13)31)14-6-9-19(28-12-14)23(25,26)27/h1,3,5-9,11-12H,2,4,10H2,(H,29,30,32). The van der Waals surface area contributed by atoms with Crippen LogP contribution in [0.4, 0.5) is 24.5 Å². The molecule has 0 amide bonds. The molecule has 0 unspecified atom stereocenters. The van der Waals surface area contributed by atoms with Crippen molar-refractivity contribution in [3.05, 3.63) is 81.6 Å². The lowest BCUT2D eigenvalue weighted by Gasteiger charge is -2.33. The SMILES string of the molecule is O=c1[nH]c(-c2ccc(N3CCCc4cccc(-c5ccc(C(F)(F)F)nc5)c43)cc2Cl)no1. The summed E-state index contributed by atoms with van der Waals surface area (Å²) in [5, 5.41) is 4.05. The van der Waals surface area contributed by atoms with Crippen LogP contribution in [0.25, 0.3) is 22.5 Å². The van der Waals surface area contributed by atoms with E-state index in [-0.39, 0.29) is 5.82 Å². The number of H-pyrrole nitrogens is 1. The van der Waals surface area contributed by atoms with E-state index in [1.165, 1.54) is 12.3 Å². The summed E-state index contributed by atoms with van der Waals surface area (Å²) < 4.78 is 43.4. The van der Waals surface area contributed by atoms with Crippen LogP contribution in [-0.2, 0) is 12.6 Å². The van der Waals surface area contributed by atoms with E-state index in [2.05, 4.69) is 24.5 Å². The van der Waals surface area contributed by atoms with Gasteiger partial charge in [0.25, 0.3) is 0 Å². The molecule has 0 aliphatic carbocycles. The maximum absolute atomic E-state index is 13.0. The van der Waals surface area contributed by atoms with Gasteiger partial charge in [-0.25, -0.2) is 4.79 Å². The number of aromatic amines is 1. The Bertz CT molecular complexity index is 1380. The number of hydrogen-bond acceptors (Lipinski definition) is 5. The third-order valence-electron chi connectivity index (χ3n) is 5.54. The Hall–Kier alpha value is -3.59. The molecule has 0 bridgehead atoms. The number of para-hydroxylation sites is 1. The Morgan fingerprint density at radius 3 is 2.61 bits per heavy atom. The number of benzene rings is 2. The molecule has 3 heterocycles. The first-order valence-electron chi connectivity index (χ1n) is 10.1. The third-order valence-corrected chi connectivity index (χ3v) is 5.85. The van der Waals surface area contributed by atoms with Crippen molar-refractivity contribution in [3.63, 3.8) is 0 Å². The molecule has 0 radical (unpaired) electrons. The van der Waals surface area contributed by atoms with Gasteiger partial charge in [-0.3, -0.25) is 14.5 Å². The molecular formula is C23H16ClF3N4O2. The zero-order chi connectivity index (χ0) is 23.2. The minimum Gasteiger partial charge on any atom is -0.341 e. The average molecular weight is 473 g/mol. The summed E-state index contributed by atoms with van der Waals surface area (Å²) >= 11 is 6.49. The van der Waals surface area contributed by atoms with Crippen LogP contribution in [0, 0.1) is 0 Å². The molecule has 6 nitrogen and oxygen atoms in total. The first kappa shape index (κ1) is 21.3. The molecule has 0 saturated heterocycles. The van der Waals surface area contributed by atoms with Crippen LogP contribution in [0.5, 0.6) is 0 Å². The van der Waals surface area contributed by atoms with E-state index >= 15 is 0 Å². The Morgan fingerprint density at radius 2 is 1.94 bits per heavy atom. The lowest BCUT2D eigenvalue weighted by molar-refractivity contribution is -0.141. The zero-order valence-corrected chi connectivity index (χ0v) is 17.7. The summed E-state index contributed by atoms with van der Waals surface area (Å²) in [6.07, 6.45) is -1.49. The molecule has 1 aliphatic rings. The monoisotopic (exact) mass is 472 g/mol. The fourth-order valence-corrected chi connectivity index (χ4v) is 4.34. The highest BCUT2D eigenvalue weighted by atomic mass is 35.5. The smallest absolute Gasteiger partial charge is 0.341 e. The van der Waals surface area contributed by atoms with Crippen LogP contribution in [0.2, 0.25) is 5.02 Å². The first-order valence-corrected chi connectivity index (χ1v) is 10.5. The summed E-state index contributed by atoms with van der Waals surface area (Å²) in [4.78, 5) is 19.5. The molecule has 168 valence electrons. The van der Waals surface area contributed by atoms with Gasteiger partial charge in [0.05, 0.1) is 10.7 Å². The van der Waals surface area contributed by atoms with Crippen molar-refractivity contribution >= 4 is 23.0 Å². The molecule has 0 saturated carbocycles. The molecule has 1 aliphatic heterocycles. The molecular weight excluding hydrogens is 457 g/mol. The Kier molecular flexibility index (Phi) is 5.20. The molecule has 5 rings (SSSR count). The van der Waals surface area contributed by atoms with E-state index in [4.69, 9.17) is 11.6 Å². The van der Waals surface area contributed by atoms with E-state index in [1.807, 2.05) is 24.3 Å². The fourth-order valence-electron chi connectivity index (χ4n) is 4.07. The topological polar surface area (TPSA) is 75.0 Å². The number of pyridine rings is 1. The maximum Gasteiger partial charge on any atom is 0.439 e. The van der Waals surface area contributed by atoms with E-state index in [9.17, 15) is 18.0 Å². The molecule has 10 heteroatoms. The van der Waals surface area contributed by atoms with Gasteiger partial charge in [-0.2, -0.15) is 13.2 Å². The number of aryl methyl sites for hydroxylation is 1. The Balaban J connectivity index is 1.57. The summed E-state index contributed by atoms with van der Waals surface area (Å²) in [6, 6.07) is 13.6. The number of alkyl halides is 3. The maximum atomic E-state index is 13.0. The second kappa shape index (κ2) is 8.08. The lowest BCUT2D eigenvalue weighted by atomic mass is 9.94. The van der Waals surface area contributed by atoms with Crippen molar-refractivity contribution in [2.45, 2.75) is 19.0 Å². The number of aromatic nitrogens is 3. The first-order chi connectivity index (χ1) is 15.8. The number of fused-ring (bicyclic) bond motifs is 1. The second-order valence-electron chi connectivity index (χ2n) is 7.61. The molecule has 0 spiro atoms. The van der Waals surface area contributed by atoms with Crippen LogP contribution in [0.15, 0.2) is 64.0 Å². The third kappa shape index (κ3) is 4.00. The predicted molar refractivity (Wildman–Crippen MR) is 118 cm³/mol. The van der Waals surface area contributed by atoms with Crippen LogP contribution >= 0.6 is 11.6 Å². The Labute approximate surface area is 190 Å². The average Bonchev–Trinajstić information content (AvgIpc) is 3.23. The molecule has 0 atom stereocenters. The molecule has 33 heavy (non-hydrogen) atoms. The second-order valence-corrected chi connectivity index (χ2v) is 8.01. The van der Waals surface area contributed by atoms with Crippen molar-refractivity contribution in [3.8, 4) is 22.5 Å². The van der Waals surface area contributed by atoms with Gasteiger partial charge in [-0.15, -0.1) is 0 Å². The van der Waals surface area contributed by atoms with Crippen LogP contribution in [0.1, 0.15) is 17.7 Å². The van der Waals surface area contributed by atoms with E-state index in [1.54, 1.807) is 12.1 Å². The highest BCUT2D eigenvalue weighted by Gasteiger charge is 2.32. The summed E-state index contributed by atoms with van der Waals surface area (Å²) in [6.45, 7) is 0.703. The molecule has 0 fully saturated rings. The van der Waals surface area contributed by atoms with Gasteiger partial charge < -0.3 is 4.90 Å². The highest BCUT2D eigenvalue weighted by molar-refractivity contribution is 6.33. The van der Waals surface area contributed by atoms with Gasteiger partial charge in [0.15, 0.2) is 5.82 Å². The molecule has 2 aromatic heterocycles. The van der Waals surface area contributed by atoms with Gasteiger partial charge in [0.1, 0.15) is 5.69 Å². The Morgan fingerprint density at radius 1 is 1.09 bits per heavy atom. The quantitative estimate of drug-likeness (QED) is 0.405. The van der Waals surface area contributed by atoms with Crippen LogP contribution < -0.4 is 10.7 Å². The minimum atomic E-state index is -4.49. The van der Waals surface area contributed by atoms with Gasteiger partial charge in [0.2, 0.25) is 0 Å². The number of anilines is 2. The molecule has 4 aromatic rings. The molecule has 2 aromatic carbocycles. The number of halogens is 4. The normalized spacial score (nSPS) is 13.8. The number of rotatable bonds is 3. The van der Waals surface area contributed by atoms with Crippen molar-refractivity contribution < 1.29 is 17.7 Å². The van der Waals surface area contributed by atoms with Crippen LogP contribution in [-0.4, -0.2) is 21.7 Å². The minimum absolute atomic E-state index is 0.229. The van der Waals surface area contributed by atoms with Gasteiger partial charge >= 0.3 is 11.9 Å².